The number of benzene rings is 2. The molecule has 0 radical (unpaired) electrons. The normalized spacial score (nSPS) is 17.3. The zero-order valence-electron chi connectivity index (χ0n) is 22.2. The van der Waals surface area contributed by atoms with E-state index in [4.69, 9.17) is 4.74 Å². The summed E-state index contributed by atoms with van der Waals surface area (Å²) in [6.07, 6.45) is 6.36. The van der Waals surface area contributed by atoms with E-state index in [1.54, 1.807) is 0 Å². The zero-order chi connectivity index (χ0) is 24.9. The van der Waals surface area contributed by atoms with Gasteiger partial charge >= 0.3 is 5.97 Å². The van der Waals surface area contributed by atoms with Crippen LogP contribution in [0, 0.1) is 6.92 Å². The Bertz CT molecular complexity index is 1070. The highest BCUT2D eigenvalue weighted by atomic mass is 16.5. The van der Waals surface area contributed by atoms with E-state index in [-0.39, 0.29) is 5.97 Å². The van der Waals surface area contributed by atoms with Crippen LogP contribution in [-0.2, 0) is 30.6 Å². The molecule has 0 saturated carbocycles. The maximum Gasteiger partial charge on any atom is 0.338 e. The lowest BCUT2D eigenvalue weighted by Gasteiger charge is -2.36. The van der Waals surface area contributed by atoms with Crippen LogP contribution in [0.15, 0.2) is 30.8 Å². The maximum absolute atomic E-state index is 12.0. The molecular weight excluding hydrogens is 432 g/mol. The second-order valence-electron chi connectivity index (χ2n) is 10.3. The van der Waals surface area contributed by atoms with Gasteiger partial charge in [0.05, 0.1) is 5.56 Å². The minimum absolute atomic E-state index is 0.168. The van der Waals surface area contributed by atoms with Gasteiger partial charge in [0, 0.05) is 44.8 Å². The molecule has 0 bridgehead atoms. The number of carbonyl (C=O) groups is 1. The van der Waals surface area contributed by atoms with E-state index in [9.17, 15) is 4.79 Å². The largest absolute Gasteiger partial charge is 0.457 e. The Balaban J connectivity index is 1.31. The number of nitrogens with zero attached hydrogens (tertiary/aromatic N) is 2. The number of hydrogen-bond acceptors (Lipinski definition) is 4. The lowest BCUT2D eigenvalue weighted by molar-refractivity contribution is 0.0534. The Morgan fingerprint density at radius 3 is 2.46 bits per heavy atom. The number of hydrogen-bond donors (Lipinski definition) is 0. The summed E-state index contributed by atoms with van der Waals surface area (Å²) in [6, 6.07) is 8.70. The molecule has 0 aliphatic carbocycles. The molecule has 1 saturated heterocycles. The minimum Gasteiger partial charge on any atom is -0.457 e. The molecule has 1 atom stereocenters. The first-order valence-electron chi connectivity index (χ1n) is 13.5. The van der Waals surface area contributed by atoms with Gasteiger partial charge in [0.25, 0.3) is 0 Å². The molecule has 4 nitrogen and oxygen atoms in total. The van der Waals surface area contributed by atoms with E-state index < -0.39 is 0 Å². The zero-order valence-corrected chi connectivity index (χ0v) is 22.2. The highest BCUT2D eigenvalue weighted by Crippen LogP contribution is 2.31. The molecule has 188 valence electrons. The number of cyclic esters (lactones) is 1. The van der Waals surface area contributed by atoms with Gasteiger partial charge in [0.15, 0.2) is 0 Å². The van der Waals surface area contributed by atoms with Gasteiger partial charge in [-0.3, -0.25) is 0 Å². The summed E-state index contributed by atoms with van der Waals surface area (Å²) < 4.78 is 5.30. The van der Waals surface area contributed by atoms with Crippen LogP contribution in [0.25, 0.3) is 6.08 Å². The Morgan fingerprint density at radius 1 is 1.03 bits per heavy atom. The summed E-state index contributed by atoms with van der Waals surface area (Å²) in [5.74, 6) is 0.277. The third-order valence-electron chi connectivity index (χ3n) is 8.08. The third kappa shape index (κ3) is 5.54. The van der Waals surface area contributed by atoms with Gasteiger partial charge in [-0.05, 0) is 71.6 Å². The molecule has 0 N–H and O–H groups in total. The topological polar surface area (TPSA) is 32.8 Å². The number of fused-ring (bicyclic) bond motifs is 1. The smallest absolute Gasteiger partial charge is 0.338 e. The summed E-state index contributed by atoms with van der Waals surface area (Å²) >= 11 is 0. The fourth-order valence-corrected chi connectivity index (χ4v) is 5.99. The van der Waals surface area contributed by atoms with Crippen molar-refractivity contribution in [1.82, 2.24) is 9.80 Å². The molecule has 2 aliphatic rings. The Hall–Kier alpha value is -2.43. The Kier molecular flexibility index (Phi) is 8.46. The predicted octanol–water partition coefficient (Wildman–Crippen LogP) is 5.79. The molecule has 0 spiro atoms. The lowest BCUT2D eigenvalue weighted by Crippen LogP contribution is -2.47. The van der Waals surface area contributed by atoms with E-state index in [1.165, 1.54) is 39.8 Å². The van der Waals surface area contributed by atoms with Crippen LogP contribution in [0.2, 0.25) is 0 Å². The molecule has 2 aromatic rings. The number of carbonyl (C=O) groups excluding carboxylic acids is 1. The van der Waals surface area contributed by atoms with Gasteiger partial charge in [-0.25, -0.2) is 4.79 Å². The van der Waals surface area contributed by atoms with E-state index in [1.807, 2.05) is 12.1 Å². The lowest BCUT2D eigenvalue weighted by atomic mass is 9.88. The first kappa shape index (κ1) is 25.7. The van der Waals surface area contributed by atoms with Crippen molar-refractivity contribution in [2.45, 2.75) is 65.9 Å². The van der Waals surface area contributed by atoms with Crippen LogP contribution >= 0.6 is 0 Å². The highest BCUT2D eigenvalue weighted by Gasteiger charge is 2.27. The molecule has 1 fully saturated rings. The minimum atomic E-state index is -0.168. The highest BCUT2D eigenvalue weighted by molar-refractivity contribution is 5.94. The average Bonchev–Trinajstić information content (AvgIpc) is 3.25. The quantitative estimate of drug-likeness (QED) is 0.408. The van der Waals surface area contributed by atoms with Crippen molar-refractivity contribution in [3.05, 3.63) is 75.4 Å². The van der Waals surface area contributed by atoms with Crippen LogP contribution < -0.4 is 0 Å². The van der Waals surface area contributed by atoms with Crippen molar-refractivity contribution < 1.29 is 9.53 Å². The van der Waals surface area contributed by atoms with Crippen molar-refractivity contribution in [1.29, 1.82) is 0 Å². The predicted molar refractivity (Wildman–Crippen MR) is 145 cm³/mol. The molecule has 1 unspecified atom stereocenters. The number of rotatable bonds is 10. The van der Waals surface area contributed by atoms with Crippen LogP contribution in [0.3, 0.4) is 0 Å². The van der Waals surface area contributed by atoms with Crippen LogP contribution in [0.1, 0.15) is 82.4 Å². The van der Waals surface area contributed by atoms with Gasteiger partial charge in [0.2, 0.25) is 0 Å². The molecule has 2 aliphatic heterocycles. The van der Waals surface area contributed by atoms with Crippen molar-refractivity contribution in [3.63, 3.8) is 0 Å². The molecule has 4 heteroatoms. The molecule has 4 rings (SSSR count). The van der Waals surface area contributed by atoms with Crippen molar-refractivity contribution >= 4 is 12.0 Å². The van der Waals surface area contributed by atoms with Crippen LogP contribution in [0.4, 0.5) is 0 Å². The van der Waals surface area contributed by atoms with Crippen LogP contribution in [-0.4, -0.2) is 55.0 Å². The van der Waals surface area contributed by atoms with E-state index >= 15 is 0 Å². The number of piperazine rings is 1. The van der Waals surface area contributed by atoms with Crippen molar-refractivity contribution in [2.24, 2.45) is 0 Å². The third-order valence-corrected chi connectivity index (χ3v) is 8.08. The monoisotopic (exact) mass is 474 g/mol. The SMILES string of the molecule is C=Cc1ccc(CCN2CCN(CC(C)c3ccc4c(c3CC)COC4=O)CC2)c(C)c1CCC. The van der Waals surface area contributed by atoms with E-state index in [0.717, 1.165) is 69.7 Å². The summed E-state index contributed by atoms with van der Waals surface area (Å²) in [6.45, 7) is 20.2. The van der Waals surface area contributed by atoms with E-state index in [0.29, 0.717) is 12.5 Å². The molecule has 0 amide bonds. The molecule has 2 heterocycles. The van der Waals surface area contributed by atoms with Gasteiger partial charge in [0.1, 0.15) is 6.61 Å². The standard InChI is InChI=1S/C31H42N2O2/c1-6-9-28-23(5)25(11-10-24(28)7-2)14-15-32-16-18-33(19-17-32)20-22(4)27-12-13-29-30(26(27)8-3)21-35-31(29)34/h7,10-13,22H,2,6,8-9,14-21H2,1,3-5H3. The van der Waals surface area contributed by atoms with Gasteiger partial charge in [-0.2, -0.15) is 0 Å². The van der Waals surface area contributed by atoms with E-state index in [2.05, 4.69) is 62.3 Å². The maximum atomic E-state index is 12.0. The summed E-state index contributed by atoms with van der Waals surface area (Å²) in [4.78, 5) is 17.2. The number of ether oxygens (including phenoxy) is 1. The average molecular weight is 475 g/mol. The van der Waals surface area contributed by atoms with Gasteiger partial charge in [-0.15, -0.1) is 0 Å². The summed E-state index contributed by atoms with van der Waals surface area (Å²) in [5.41, 5.74) is 10.3. The second kappa shape index (κ2) is 11.5. The molecular formula is C31H42N2O2. The van der Waals surface area contributed by atoms with Crippen LogP contribution in [0.5, 0.6) is 0 Å². The Morgan fingerprint density at radius 2 is 1.77 bits per heavy atom. The van der Waals surface area contributed by atoms with Crippen molar-refractivity contribution in [2.75, 3.05) is 39.3 Å². The first-order chi connectivity index (χ1) is 17.0. The van der Waals surface area contributed by atoms with Crippen molar-refractivity contribution in [3.8, 4) is 0 Å². The first-order valence-corrected chi connectivity index (χ1v) is 13.5. The number of esters is 1. The molecule has 35 heavy (non-hydrogen) atoms. The summed E-state index contributed by atoms with van der Waals surface area (Å²) in [5, 5.41) is 0. The fourth-order valence-electron chi connectivity index (χ4n) is 5.99. The Labute approximate surface area is 212 Å². The van der Waals surface area contributed by atoms with Gasteiger partial charge in [-0.1, -0.05) is 58.0 Å². The molecule has 0 aromatic heterocycles. The fraction of sp³-hybridized carbons (Fsp3) is 0.516. The molecule has 2 aromatic carbocycles. The van der Waals surface area contributed by atoms with Gasteiger partial charge < -0.3 is 14.5 Å². The summed E-state index contributed by atoms with van der Waals surface area (Å²) in [7, 11) is 0. The second-order valence-corrected chi connectivity index (χ2v) is 10.3.